The molecule has 1 unspecified atom stereocenters. The summed E-state index contributed by atoms with van der Waals surface area (Å²) in [7, 11) is 3.82. The molecule has 1 aromatic rings. The third-order valence-electron chi connectivity index (χ3n) is 2.67. The molecule has 0 fully saturated rings. The molecule has 0 radical (unpaired) electrons. The molecule has 1 aromatic carbocycles. The maximum absolute atomic E-state index is 12.4. The van der Waals surface area contributed by atoms with Crippen LogP contribution in [0.1, 0.15) is 32.4 Å². The predicted molar refractivity (Wildman–Crippen MR) is 72.3 cm³/mol. The van der Waals surface area contributed by atoms with Crippen LogP contribution in [0.3, 0.4) is 0 Å². The zero-order chi connectivity index (χ0) is 13.2. The summed E-state index contributed by atoms with van der Waals surface area (Å²) in [6.45, 7) is 5.82. The zero-order valence-electron chi connectivity index (χ0n) is 11.1. The van der Waals surface area contributed by atoms with Gasteiger partial charge in [-0.3, -0.25) is 9.69 Å². The van der Waals surface area contributed by atoms with Gasteiger partial charge in [-0.2, -0.15) is 0 Å². The van der Waals surface area contributed by atoms with E-state index >= 15 is 0 Å². The van der Waals surface area contributed by atoms with Gasteiger partial charge in [0, 0.05) is 10.4 Å². The second-order valence-corrected chi connectivity index (χ2v) is 5.97. The van der Waals surface area contributed by atoms with Crippen LogP contribution < -0.4 is 0 Å². The number of hydrogen-bond acceptors (Lipinski definition) is 2. The third-order valence-corrected chi connectivity index (χ3v) is 2.90. The second kappa shape index (κ2) is 5.19. The summed E-state index contributed by atoms with van der Waals surface area (Å²) < 4.78 is 0. The quantitative estimate of drug-likeness (QED) is 0.821. The molecule has 3 heteroatoms. The highest BCUT2D eigenvalue weighted by Gasteiger charge is 2.32. The van der Waals surface area contributed by atoms with Gasteiger partial charge in [-0.25, -0.2) is 0 Å². The monoisotopic (exact) mass is 253 g/mol. The van der Waals surface area contributed by atoms with Crippen molar-refractivity contribution in [1.29, 1.82) is 0 Å². The summed E-state index contributed by atoms with van der Waals surface area (Å²) in [5.41, 5.74) is 0.583. The molecular weight excluding hydrogens is 234 g/mol. The Bertz CT molecular complexity index is 407. The molecule has 0 aromatic heterocycles. The van der Waals surface area contributed by atoms with E-state index < -0.39 is 0 Å². The lowest BCUT2D eigenvalue weighted by Crippen LogP contribution is -2.35. The van der Waals surface area contributed by atoms with Crippen molar-refractivity contribution in [2.45, 2.75) is 26.8 Å². The highest BCUT2D eigenvalue weighted by atomic mass is 35.5. The smallest absolute Gasteiger partial charge is 0.159 e. The molecule has 2 nitrogen and oxygen atoms in total. The molecule has 0 aliphatic carbocycles. The number of likely N-dealkylation sites (N-methyl/N-ethyl adjacent to an activating group) is 1. The molecule has 0 N–H and O–H groups in total. The van der Waals surface area contributed by atoms with Crippen molar-refractivity contribution in [3.05, 3.63) is 34.9 Å². The fourth-order valence-corrected chi connectivity index (χ4v) is 1.97. The van der Waals surface area contributed by atoms with Crippen LogP contribution in [0.4, 0.5) is 0 Å². The minimum absolute atomic E-state index is 0.199. The van der Waals surface area contributed by atoms with Crippen molar-refractivity contribution in [3.63, 3.8) is 0 Å². The number of hydrogen-bond donors (Lipinski definition) is 0. The molecule has 0 aliphatic heterocycles. The van der Waals surface area contributed by atoms with Crippen LogP contribution in [0, 0.1) is 5.41 Å². The molecule has 0 spiro atoms. The molecule has 0 bridgehead atoms. The minimum Gasteiger partial charge on any atom is -0.297 e. The lowest BCUT2D eigenvalue weighted by molar-refractivity contribution is -0.131. The van der Waals surface area contributed by atoms with Gasteiger partial charge in [0.1, 0.15) is 0 Å². The number of halogens is 1. The molecule has 0 amide bonds. The molecule has 94 valence electrons. The molecule has 1 atom stereocenters. The number of benzene rings is 1. The summed E-state index contributed by atoms with van der Waals surface area (Å²) >= 11 is 5.98. The van der Waals surface area contributed by atoms with Crippen molar-refractivity contribution in [1.82, 2.24) is 4.90 Å². The fraction of sp³-hybridized carbons (Fsp3) is 0.500. The summed E-state index contributed by atoms with van der Waals surface area (Å²) in [6.07, 6.45) is 0. The van der Waals surface area contributed by atoms with E-state index in [4.69, 9.17) is 11.6 Å². The number of carbonyl (C=O) groups excluding carboxylic acids is 1. The maximum atomic E-state index is 12.4. The first kappa shape index (κ1) is 14.2. The Labute approximate surface area is 109 Å². The number of Topliss-reactive ketones (excluding diaryl/α,β-unsaturated/α-hetero) is 1. The Morgan fingerprint density at radius 2 is 1.88 bits per heavy atom. The lowest BCUT2D eigenvalue weighted by atomic mass is 9.83. The van der Waals surface area contributed by atoms with Crippen LogP contribution in [-0.2, 0) is 4.79 Å². The Balaban J connectivity index is 3.15. The van der Waals surface area contributed by atoms with Gasteiger partial charge in [0.05, 0.1) is 6.04 Å². The molecule has 0 saturated heterocycles. The Hall–Kier alpha value is -0.860. The van der Waals surface area contributed by atoms with E-state index in [1.165, 1.54) is 0 Å². The van der Waals surface area contributed by atoms with E-state index in [9.17, 15) is 4.79 Å². The van der Waals surface area contributed by atoms with Gasteiger partial charge in [-0.05, 0) is 31.8 Å². The Morgan fingerprint density at radius 1 is 1.29 bits per heavy atom. The molecule has 0 heterocycles. The first-order valence-corrected chi connectivity index (χ1v) is 6.07. The van der Waals surface area contributed by atoms with Crippen LogP contribution >= 0.6 is 11.6 Å². The van der Waals surface area contributed by atoms with Crippen LogP contribution in [0.2, 0.25) is 5.02 Å². The van der Waals surface area contributed by atoms with Gasteiger partial charge < -0.3 is 0 Å². The van der Waals surface area contributed by atoms with Crippen LogP contribution in [0.25, 0.3) is 0 Å². The normalized spacial score (nSPS) is 13.8. The van der Waals surface area contributed by atoms with Gasteiger partial charge in [0.15, 0.2) is 5.78 Å². The first-order chi connectivity index (χ1) is 7.73. The Morgan fingerprint density at radius 3 is 2.29 bits per heavy atom. The highest BCUT2D eigenvalue weighted by molar-refractivity contribution is 6.30. The fourth-order valence-electron chi connectivity index (χ4n) is 1.77. The molecule has 1 rings (SSSR count). The lowest BCUT2D eigenvalue weighted by Gasteiger charge is -2.29. The van der Waals surface area contributed by atoms with Gasteiger partial charge >= 0.3 is 0 Å². The van der Waals surface area contributed by atoms with Crippen molar-refractivity contribution >= 4 is 17.4 Å². The molecule has 0 aliphatic rings. The van der Waals surface area contributed by atoms with E-state index in [1.54, 1.807) is 0 Å². The number of nitrogens with zero attached hydrogens (tertiary/aromatic N) is 1. The SMILES string of the molecule is CN(C)C(C(=O)C(C)(C)C)c1cccc(Cl)c1. The third kappa shape index (κ3) is 3.55. The molecule has 17 heavy (non-hydrogen) atoms. The van der Waals surface area contributed by atoms with E-state index in [-0.39, 0.29) is 17.2 Å². The molecular formula is C14H20ClNO. The number of ketones is 1. The summed E-state index contributed by atoms with van der Waals surface area (Å²) in [5, 5.41) is 0.663. The van der Waals surface area contributed by atoms with Crippen LogP contribution in [-0.4, -0.2) is 24.8 Å². The van der Waals surface area contributed by atoms with E-state index in [0.717, 1.165) is 5.56 Å². The summed E-state index contributed by atoms with van der Waals surface area (Å²) in [6, 6.07) is 7.26. The van der Waals surface area contributed by atoms with Crippen molar-refractivity contribution in [2.24, 2.45) is 5.41 Å². The average Bonchev–Trinajstić information content (AvgIpc) is 2.15. The topological polar surface area (TPSA) is 20.3 Å². The Kier molecular flexibility index (Phi) is 4.34. The summed E-state index contributed by atoms with van der Waals surface area (Å²) in [5.74, 6) is 0.199. The van der Waals surface area contributed by atoms with Gasteiger partial charge in [0.25, 0.3) is 0 Å². The van der Waals surface area contributed by atoms with Gasteiger partial charge in [0.2, 0.25) is 0 Å². The van der Waals surface area contributed by atoms with Gasteiger partial charge in [-0.1, -0.05) is 44.5 Å². The van der Waals surface area contributed by atoms with E-state index in [2.05, 4.69) is 0 Å². The van der Waals surface area contributed by atoms with E-state index in [0.29, 0.717) is 5.02 Å². The van der Waals surface area contributed by atoms with Crippen molar-refractivity contribution in [2.75, 3.05) is 14.1 Å². The zero-order valence-corrected chi connectivity index (χ0v) is 11.9. The van der Waals surface area contributed by atoms with Crippen molar-refractivity contribution in [3.8, 4) is 0 Å². The highest BCUT2D eigenvalue weighted by Crippen LogP contribution is 2.30. The second-order valence-electron chi connectivity index (χ2n) is 5.54. The maximum Gasteiger partial charge on any atom is 0.159 e. The first-order valence-electron chi connectivity index (χ1n) is 5.69. The molecule has 0 saturated carbocycles. The van der Waals surface area contributed by atoms with E-state index in [1.807, 2.05) is 64.0 Å². The number of carbonyl (C=O) groups is 1. The minimum atomic E-state index is -0.364. The largest absolute Gasteiger partial charge is 0.297 e. The van der Waals surface area contributed by atoms with Crippen LogP contribution in [0.15, 0.2) is 24.3 Å². The van der Waals surface area contributed by atoms with Crippen LogP contribution in [0.5, 0.6) is 0 Å². The summed E-state index contributed by atoms with van der Waals surface area (Å²) in [4.78, 5) is 14.4. The van der Waals surface area contributed by atoms with Crippen molar-refractivity contribution < 1.29 is 4.79 Å². The standard InChI is InChI=1S/C14H20ClNO/c1-14(2,3)13(17)12(16(4)5)10-7-6-8-11(15)9-10/h6-9,12H,1-5H3. The average molecular weight is 254 g/mol. The predicted octanol–water partition coefficient (Wildman–Crippen LogP) is 3.56. The van der Waals surface area contributed by atoms with Gasteiger partial charge in [-0.15, -0.1) is 0 Å². The number of rotatable bonds is 3.